The van der Waals surface area contributed by atoms with E-state index in [1.54, 1.807) is 0 Å². The molecule has 3 aromatic carbocycles. The third kappa shape index (κ3) is 3.18. The summed E-state index contributed by atoms with van der Waals surface area (Å²) in [5, 5.41) is 10.8. The van der Waals surface area contributed by atoms with Crippen molar-refractivity contribution in [1.82, 2.24) is 0 Å². The highest BCUT2D eigenvalue weighted by Crippen LogP contribution is 2.37. The van der Waals surface area contributed by atoms with Crippen molar-refractivity contribution in [3.63, 3.8) is 0 Å². The second-order valence-corrected chi connectivity index (χ2v) is 8.50. The molecular weight excluding hydrogens is 330 g/mol. The van der Waals surface area contributed by atoms with E-state index in [4.69, 9.17) is 11.1 Å². The number of anilines is 1. The van der Waals surface area contributed by atoms with E-state index in [0.717, 1.165) is 24.1 Å². The molecular formula is C24H27N3. The lowest BCUT2D eigenvalue weighted by atomic mass is 9.87. The maximum atomic E-state index is 8.18. The Kier molecular flexibility index (Phi) is 4.18. The molecule has 0 spiro atoms. The van der Waals surface area contributed by atoms with Gasteiger partial charge in [-0.1, -0.05) is 69.3 Å². The van der Waals surface area contributed by atoms with Crippen molar-refractivity contribution in [2.75, 3.05) is 4.90 Å². The van der Waals surface area contributed by atoms with Crippen molar-refractivity contribution in [3.05, 3.63) is 76.9 Å². The van der Waals surface area contributed by atoms with Crippen molar-refractivity contribution in [2.45, 2.75) is 45.6 Å². The quantitative estimate of drug-likeness (QED) is 0.504. The molecule has 3 nitrogen and oxygen atoms in total. The molecule has 0 amide bonds. The summed E-state index contributed by atoms with van der Waals surface area (Å²) >= 11 is 0. The van der Waals surface area contributed by atoms with Crippen LogP contribution in [0.15, 0.2) is 54.6 Å². The number of guanidine groups is 1. The van der Waals surface area contributed by atoms with Crippen LogP contribution in [0, 0.1) is 5.41 Å². The minimum absolute atomic E-state index is 0.0925. The Hall–Kier alpha value is -2.81. The SMILES string of the molecule is CC(C)(C)c1ccc(CN(C(=N)N)c2ccc3cccc4c3c2CC4)cc1. The molecule has 27 heavy (non-hydrogen) atoms. The monoisotopic (exact) mass is 357 g/mol. The van der Waals surface area contributed by atoms with Gasteiger partial charge in [0.15, 0.2) is 5.96 Å². The van der Waals surface area contributed by atoms with Crippen molar-refractivity contribution in [1.29, 1.82) is 5.41 Å². The number of hydrogen-bond donors (Lipinski definition) is 2. The Morgan fingerprint density at radius 1 is 1.00 bits per heavy atom. The van der Waals surface area contributed by atoms with E-state index in [9.17, 15) is 0 Å². The number of aryl methyl sites for hydroxylation is 2. The number of nitrogens with two attached hydrogens (primary N) is 1. The average molecular weight is 358 g/mol. The molecule has 0 aromatic heterocycles. The molecule has 3 N–H and O–H groups in total. The third-order valence-corrected chi connectivity index (χ3v) is 5.60. The Morgan fingerprint density at radius 3 is 2.41 bits per heavy atom. The van der Waals surface area contributed by atoms with Gasteiger partial charge in [0, 0.05) is 5.69 Å². The summed E-state index contributed by atoms with van der Waals surface area (Å²) in [6, 6.07) is 19.5. The topological polar surface area (TPSA) is 53.1 Å². The van der Waals surface area contributed by atoms with Crippen molar-refractivity contribution >= 4 is 22.4 Å². The molecule has 1 aliphatic rings. The zero-order valence-electron chi connectivity index (χ0n) is 16.3. The molecule has 0 saturated heterocycles. The van der Waals surface area contributed by atoms with E-state index in [0.29, 0.717) is 6.54 Å². The summed E-state index contributed by atoms with van der Waals surface area (Å²) in [5.74, 6) is 0.0925. The summed E-state index contributed by atoms with van der Waals surface area (Å²) in [5.41, 5.74) is 12.4. The summed E-state index contributed by atoms with van der Waals surface area (Å²) in [6.07, 6.45) is 2.08. The fourth-order valence-electron chi connectivity index (χ4n) is 4.09. The summed E-state index contributed by atoms with van der Waals surface area (Å²) in [7, 11) is 0. The predicted octanol–water partition coefficient (Wildman–Crippen LogP) is 5.14. The minimum Gasteiger partial charge on any atom is -0.370 e. The predicted molar refractivity (Wildman–Crippen MR) is 115 cm³/mol. The summed E-state index contributed by atoms with van der Waals surface area (Å²) in [6.45, 7) is 7.27. The zero-order valence-corrected chi connectivity index (χ0v) is 16.3. The molecule has 1 aliphatic carbocycles. The maximum absolute atomic E-state index is 8.18. The van der Waals surface area contributed by atoms with Crippen LogP contribution in [0.4, 0.5) is 5.69 Å². The van der Waals surface area contributed by atoms with Gasteiger partial charge in [-0.2, -0.15) is 0 Å². The van der Waals surface area contributed by atoms with E-state index in [-0.39, 0.29) is 11.4 Å². The molecule has 0 fully saturated rings. The molecule has 0 atom stereocenters. The van der Waals surface area contributed by atoms with E-state index in [1.807, 2.05) is 4.90 Å². The van der Waals surface area contributed by atoms with E-state index in [1.165, 1.54) is 27.5 Å². The Bertz CT molecular complexity index is 1010. The van der Waals surface area contributed by atoms with Gasteiger partial charge in [0.25, 0.3) is 0 Å². The lowest BCUT2D eigenvalue weighted by Gasteiger charge is -2.26. The van der Waals surface area contributed by atoms with Crippen molar-refractivity contribution in [3.8, 4) is 0 Å². The fraction of sp³-hybridized carbons (Fsp3) is 0.292. The van der Waals surface area contributed by atoms with Crippen LogP contribution in [0.1, 0.15) is 43.0 Å². The number of hydrogen-bond acceptors (Lipinski definition) is 1. The van der Waals surface area contributed by atoms with Crippen LogP contribution in [0.25, 0.3) is 10.8 Å². The van der Waals surface area contributed by atoms with E-state index >= 15 is 0 Å². The van der Waals surface area contributed by atoms with Gasteiger partial charge in [-0.15, -0.1) is 0 Å². The maximum Gasteiger partial charge on any atom is 0.193 e. The number of benzene rings is 3. The highest BCUT2D eigenvalue weighted by atomic mass is 15.2. The highest BCUT2D eigenvalue weighted by molar-refractivity contribution is 6.00. The molecule has 4 rings (SSSR count). The minimum atomic E-state index is 0.0925. The lowest BCUT2D eigenvalue weighted by Crippen LogP contribution is -2.36. The van der Waals surface area contributed by atoms with Gasteiger partial charge in [-0.3, -0.25) is 5.41 Å². The van der Waals surface area contributed by atoms with Gasteiger partial charge >= 0.3 is 0 Å². The van der Waals surface area contributed by atoms with Gasteiger partial charge in [0.05, 0.1) is 6.54 Å². The second-order valence-electron chi connectivity index (χ2n) is 8.50. The summed E-state index contributed by atoms with van der Waals surface area (Å²) < 4.78 is 0. The standard InChI is InChI=1S/C24H27N3/c1-24(2,3)19-11-7-16(8-12-19)15-27(23(25)26)21-14-10-18-6-4-5-17-9-13-20(21)22(17)18/h4-8,10-12,14H,9,13,15H2,1-3H3,(H3,25,26). The van der Waals surface area contributed by atoms with Gasteiger partial charge in [0.1, 0.15) is 0 Å². The smallest absolute Gasteiger partial charge is 0.193 e. The number of nitrogens with zero attached hydrogens (tertiary/aromatic N) is 1. The number of nitrogens with one attached hydrogen (secondary N) is 1. The van der Waals surface area contributed by atoms with Crippen LogP contribution in [0.2, 0.25) is 0 Å². The number of rotatable bonds is 3. The van der Waals surface area contributed by atoms with Crippen molar-refractivity contribution < 1.29 is 0 Å². The molecule has 0 unspecified atom stereocenters. The molecule has 0 radical (unpaired) electrons. The Labute approximate surface area is 161 Å². The lowest BCUT2D eigenvalue weighted by molar-refractivity contribution is 0.590. The van der Waals surface area contributed by atoms with Crippen LogP contribution in [-0.2, 0) is 24.8 Å². The first kappa shape index (κ1) is 17.6. The molecule has 0 aliphatic heterocycles. The molecule has 0 saturated carbocycles. The first-order valence-corrected chi connectivity index (χ1v) is 9.59. The average Bonchev–Trinajstić information content (AvgIpc) is 3.06. The first-order chi connectivity index (χ1) is 12.8. The van der Waals surface area contributed by atoms with Crippen LogP contribution in [0.3, 0.4) is 0 Å². The second kappa shape index (κ2) is 6.41. The van der Waals surface area contributed by atoms with Gasteiger partial charge in [0.2, 0.25) is 0 Å². The normalized spacial score (nSPS) is 13.1. The molecule has 3 aromatic rings. The molecule has 0 heterocycles. The Morgan fingerprint density at radius 2 is 1.74 bits per heavy atom. The van der Waals surface area contributed by atoms with E-state index in [2.05, 4.69) is 75.4 Å². The van der Waals surface area contributed by atoms with Gasteiger partial charge < -0.3 is 10.6 Å². The van der Waals surface area contributed by atoms with E-state index < -0.39 is 0 Å². The molecule has 0 bridgehead atoms. The Balaban J connectivity index is 1.71. The first-order valence-electron chi connectivity index (χ1n) is 9.59. The highest BCUT2D eigenvalue weighted by Gasteiger charge is 2.22. The van der Waals surface area contributed by atoms with Gasteiger partial charge in [-0.25, -0.2) is 0 Å². The van der Waals surface area contributed by atoms with Crippen molar-refractivity contribution in [2.24, 2.45) is 5.73 Å². The molecule has 3 heteroatoms. The largest absolute Gasteiger partial charge is 0.370 e. The van der Waals surface area contributed by atoms with Crippen LogP contribution < -0.4 is 10.6 Å². The van der Waals surface area contributed by atoms with Crippen LogP contribution in [0.5, 0.6) is 0 Å². The van der Waals surface area contributed by atoms with Crippen LogP contribution >= 0.6 is 0 Å². The third-order valence-electron chi connectivity index (χ3n) is 5.60. The fourth-order valence-corrected chi connectivity index (χ4v) is 4.09. The van der Waals surface area contributed by atoms with Crippen LogP contribution in [-0.4, -0.2) is 5.96 Å². The zero-order chi connectivity index (χ0) is 19.2. The molecule has 138 valence electrons. The summed E-state index contributed by atoms with van der Waals surface area (Å²) in [4.78, 5) is 1.93. The van der Waals surface area contributed by atoms with Gasteiger partial charge in [-0.05, 0) is 57.3 Å².